The van der Waals surface area contributed by atoms with Crippen molar-refractivity contribution in [2.24, 2.45) is 7.05 Å². The van der Waals surface area contributed by atoms with Gasteiger partial charge in [-0.1, -0.05) is 22.0 Å². The predicted molar refractivity (Wildman–Crippen MR) is 92.6 cm³/mol. The highest BCUT2D eigenvalue weighted by Gasteiger charge is 2.31. The van der Waals surface area contributed by atoms with Gasteiger partial charge in [0.25, 0.3) is 5.56 Å². The first-order valence-corrected chi connectivity index (χ1v) is 8.61. The molecule has 144 valence electrons. The van der Waals surface area contributed by atoms with Crippen LogP contribution < -0.4 is 20.7 Å². The summed E-state index contributed by atoms with van der Waals surface area (Å²) in [7, 11) is 1.33. The minimum absolute atomic E-state index is 0.00187. The van der Waals surface area contributed by atoms with Gasteiger partial charge in [0.1, 0.15) is 11.5 Å². The van der Waals surface area contributed by atoms with Gasteiger partial charge in [-0.25, -0.2) is 4.79 Å². The van der Waals surface area contributed by atoms with Gasteiger partial charge in [-0.3, -0.25) is 13.9 Å². The van der Waals surface area contributed by atoms with Crippen molar-refractivity contribution < 1.29 is 22.6 Å². The Morgan fingerprint density at radius 1 is 1.26 bits per heavy atom. The third-order valence-corrected chi connectivity index (χ3v) is 3.87. The first-order valence-electron chi connectivity index (χ1n) is 7.49. The molecule has 0 saturated carbocycles. The summed E-state index contributed by atoms with van der Waals surface area (Å²) in [6, 6.07) is 4.67. The average molecular weight is 449 g/mol. The number of ether oxygens (including phenoxy) is 2. The first kappa shape index (κ1) is 19.0. The van der Waals surface area contributed by atoms with Crippen molar-refractivity contribution in [3.8, 4) is 17.5 Å². The Kier molecular flexibility index (Phi) is 5.00. The molecule has 0 bridgehead atoms. The van der Waals surface area contributed by atoms with Crippen molar-refractivity contribution in [1.82, 2.24) is 19.1 Å². The summed E-state index contributed by atoms with van der Waals surface area (Å²) in [6.07, 6.45) is -4.84. The van der Waals surface area contributed by atoms with Crippen LogP contribution in [0.1, 0.15) is 0 Å². The van der Waals surface area contributed by atoms with Gasteiger partial charge < -0.3 is 14.5 Å². The van der Waals surface area contributed by atoms with Crippen LogP contribution in [0.15, 0.2) is 33.9 Å². The van der Waals surface area contributed by atoms with E-state index in [1.165, 1.54) is 23.7 Å². The number of benzene rings is 1. The third-order valence-electron chi connectivity index (χ3n) is 3.52. The van der Waals surface area contributed by atoms with E-state index >= 15 is 0 Å². The number of imidazole rings is 1. The largest absolute Gasteiger partial charge is 0.573 e. The van der Waals surface area contributed by atoms with Gasteiger partial charge in [-0.05, 0) is 12.1 Å². The second kappa shape index (κ2) is 7.10. The Balaban J connectivity index is 2.01. The SMILES string of the molecule is Cn1c(=O)c2[nH]c(Oc3cccc(OC(F)(F)F)c3)nc2n(CCBr)c1=O. The van der Waals surface area contributed by atoms with Crippen LogP contribution in [0.3, 0.4) is 0 Å². The third kappa shape index (κ3) is 3.99. The number of alkyl halides is 4. The van der Waals surface area contributed by atoms with Crippen LogP contribution in [0.2, 0.25) is 0 Å². The van der Waals surface area contributed by atoms with Crippen LogP contribution in [0, 0.1) is 0 Å². The maximum Gasteiger partial charge on any atom is 0.573 e. The van der Waals surface area contributed by atoms with Gasteiger partial charge >= 0.3 is 18.1 Å². The Bertz CT molecular complexity index is 1100. The molecule has 1 N–H and O–H groups in total. The fraction of sp³-hybridized carbons (Fsp3) is 0.267. The van der Waals surface area contributed by atoms with Gasteiger partial charge in [-0.2, -0.15) is 4.98 Å². The number of nitrogens with zero attached hydrogens (tertiary/aromatic N) is 3. The molecule has 0 aliphatic heterocycles. The number of fused-ring (bicyclic) bond motifs is 1. The van der Waals surface area contributed by atoms with Crippen LogP contribution in [0.4, 0.5) is 13.2 Å². The molecule has 0 atom stereocenters. The summed E-state index contributed by atoms with van der Waals surface area (Å²) in [5.41, 5.74) is -1.03. The van der Waals surface area contributed by atoms with Crippen molar-refractivity contribution in [2.75, 3.05) is 5.33 Å². The van der Waals surface area contributed by atoms with Crippen molar-refractivity contribution >= 4 is 27.1 Å². The summed E-state index contributed by atoms with van der Waals surface area (Å²) < 4.78 is 48.4. The van der Waals surface area contributed by atoms with E-state index in [9.17, 15) is 22.8 Å². The maximum absolute atomic E-state index is 12.3. The second-order valence-electron chi connectivity index (χ2n) is 5.35. The van der Waals surface area contributed by atoms with Crippen molar-refractivity contribution in [3.63, 3.8) is 0 Å². The van der Waals surface area contributed by atoms with Crippen LogP contribution in [-0.4, -0.2) is 30.8 Å². The number of aromatic amines is 1. The van der Waals surface area contributed by atoms with E-state index in [0.29, 0.717) is 5.33 Å². The molecule has 27 heavy (non-hydrogen) atoms. The van der Waals surface area contributed by atoms with Crippen LogP contribution in [-0.2, 0) is 13.6 Å². The van der Waals surface area contributed by atoms with Gasteiger partial charge in [-0.15, -0.1) is 13.2 Å². The highest BCUT2D eigenvalue weighted by Crippen LogP contribution is 2.28. The summed E-state index contributed by atoms with van der Waals surface area (Å²) in [4.78, 5) is 31.2. The van der Waals surface area contributed by atoms with Gasteiger partial charge in [0.2, 0.25) is 0 Å². The topological polar surface area (TPSA) is 91.1 Å². The highest BCUT2D eigenvalue weighted by atomic mass is 79.9. The Morgan fingerprint density at radius 3 is 2.63 bits per heavy atom. The summed E-state index contributed by atoms with van der Waals surface area (Å²) >= 11 is 3.22. The maximum atomic E-state index is 12.3. The minimum Gasteiger partial charge on any atom is -0.425 e. The summed E-state index contributed by atoms with van der Waals surface area (Å²) in [5.74, 6) is -0.467. The quantitative estimate of drug-likeness (QED) is 0.605. The molecule has 3 rings (SSSR count). The Morgan fingerprint density at radius 2 is 1.96 bits per heavy atom. The number of aromatic nitrogens is 4. The molecule has 0 aliphatic rings. The molecular weight excluding hydrogens is 437 g/mol. The lowest BCUT2D eigenvalue weighted by molar-refractivity contribution is -0.274. The summed E-state index contributed by atoms with van der Waals surface area (Å²) in [5, 5.41) is 0.445. The number of nitrogens with one attached hydrogen (secondary N) is 1. The van der Waals surface area contributed by atoms with E-state index < -0.39 is 23.4 Å². The molecule has 0 spiro atoms. The monoisotopic (exact) mass is 448 g/mol. The molecular formula is C15H12BrF3N4O4. The fourth-order valence-corrected chi connectivity index (χ4v) is 2.75. The van der Waals surface area contributed by atoms with Crippen molar-refractivity contribution in [3.05, 3.63) is 45.1 Å². The number of halogens is 4. The molecule has 12 heteroatoms. The fourth-order valence-electron chi connectivity index (χ4n) is 2.39. The zero-order chi connectivity index (χ0) is 19.8. The number of rotatable bonds is 5. The smallest absolute Gasteiger partial charge is 0.425 e. The first-order chi connectivity index (χ1) is 12.7. The molecule has 0 fully saturated rings. The molecule has 3 aromatic rings. The van der Waals surface area contributed by atoms with E-state index in [2.05, 4.69) is 30.6 Å². The molecule has 0 amide bonds. The van der Waals surface area contributed by atoms with Crippen LogP contribution in [0.25, 0.3) is 11.2 Å². The summed E-state index contributed by atoms with van der Waals surface area (Å²) in [6.45, 7) is 0.253. The number of hydrogen-bond acceptors (Lipinski definition) is 5. The molecule has 2 aromatic heterocycles. The minimum atomic E-state index is -4.84. The van der Waals surface area contributed by atoms with E-state index in [1.807, 2.05) is 0 Å². The Hall–Kier alpha value is -2.76. The van der Waals surface area contributed by atoms with E-state index in [4.69, 9.17) is 4.74 Å². The standard InChI is InChI=1S/C15H12BrF3N4O4/c1-22-12(24)10-11(23(6-5-16)14(22)25)21-13(20-10)26-8-3-2-4-9(7-8)27-15(17,18)19/h2-4,7H,5-6H2,1H3,(H,20,21). The highest BCUT2D eigenvalue weighted by molar-refractivity contribution is 9.09. The zero-order valence-electron chi connectivity index (χ0n) is 13.7. The predicted octanol–water partition coefficient (Wildman–Crippen LogP) is 2.51. The average Bonchev–Trinajstić information content (AvgIpc) is 2.99. The lowest BCUT2D eigenvalue weighted by Gasteiger charge is -2.09. The van der Waals surface area contributed by atoms with Crippen molar-refractivity contribution in [2.45, 2.75) is 12.9 Å². The van der Waals surface area contributed by atoms with Crippen LogP contribution >= 0.6 is 15.9 Å². The molecule has 0 aliphatic carbocycles. The van der Waals surface area contributed by atoms with Gasteiger partial charge in [0, 0.05) is 25.0 Å². The van der Waals surface area contributed by atoms with Gasteiger partial charge in [0.05, 0.1) is 0 Å². The van der Waals surface area contributed by atoms with E-state index in [-0.39, 0.29) is 29.5 Å². The second-order valence-corrected chi connectivity index (χ2v) is 6.15. The van der Waals surface area contributed by atoms with Crippen molar-refractivity contribution in [1.29, 1.82) is 0 Å². The lowest BCUT2D eigenvalue weighted by atomic mass is 10.3. The van der Waals surface area contributed by atoms with Gasteiger partial charge in [0.15, 0.2) is 11.2 Å². The zero-order valence-corrected chi connectivity index (χ0v) is 15.3. The number of aryl methyl sites for hydroxylation is 1. The number of hydrogen-bond donors (Lipinski definition) is 1. The Labute approximate surface area is 157 Å². The molecule has 8 nitrogen and oxygen atoms in total. The van der Waals surface area contributed by atoms with Crippen LogP contribution in [0.5, 0.6) is 17.5 Å². The molecule has 0 unspecified atom stereocenters. The molecule has 2 heterocycles. The lowest BCUT2D eigenvalue weighted by Crippen LogP contribution is -2.38. The molecule has 1 aromatic carbocycles. The van der Waals surface area contributed by atoms with E-state index in [0.717, 1.165) is 16.7 Å². The number of H-pyrrole nitrogens is 1. The molecule has 0 radical (unpaired) electrons. The normalized spacial score (nSPS) is 11.7. The molecule has 0 saturated heterocycles. The van der Waals surface area contributed by atoms with E-state index in [1.54, 1.807) is 0 Å².